The summed E-state index contributed by atoms with van der Waals surface area (Å²) in [7, 11) is 4.47. The predicted molar refractivity (Wildman–Crippen MR) is 96.0 cm³/mol. The maximum absolute atomic E-state index is 2.49. The standard InChI is InChI=1S/C17H34BN4/c1-13-14(2)20(10)15(19(13)9)18-21(16(3,4)5)11-12-22(18)17(6,7)8/h11-14H,1-10H3/q+1. The van der Waals surface area contributed by atoms with Crippen LogP contribution in [0.5, 0.6) is 0 Å². The molecule has 2 rings (SSSR count). The first-order valence-corrected chi connectivity index (χ1v) is 8.45. The molecule has 0 N–H and O–H groups in total. The highest BCUT2D eigenvalue weighted by molar-refractivity contribution is 6.86. The van der Waals surface area contributed by atoms with Gasteiger partial charge in [-0.25, -0.2) is 0 Å². The Morgan fingerprint density at radius 1 is 0.955 bits per heavy atom. The van der Waals surface area contributed by atoms with Crippen LogP contribution < -0.4 is 0 Å². The lowest BCUT2D eigenvalue weighted by Gasteiger charge is -2.42. The van der Waals surface area contributed by atoms with Gasteiger partial charge in [0.2, 0.25) is 0 Å². The molecule has 0 aromatic heterocycles. The molecular formula is C17H34BN4+. The smallest absolute Gasteiger partial charge is 0.386 e. The molecule has 0 bridgehead atoms. The third-order valence-corrected chi connectivity index (χ3v) is 5.34. The molecule has 2 aliphatic heterocycles. The lowest BCUT2D eigenvalue weighted by molar-refractivity contribution is -0.525. The van der Waals surface area contributed by atoms with Crippen LogP contribution in [0.1, 0.15) is 55.4 Å². The minimum absolute atomic E-state index is 0.0882. The molecule has 2 aliphatic rings. The average molecular weight is 305 g/mol. The van der Waals surface area contributed by atoms with E-state index in [1.807, 2.05) is 0 Å². The normalized spacial score (nSPS) is 26.8. The second kappa shape index (κ2) is 5.21. The second-order valence-electron chi connectivity index (χ2n) is 8.89. The van der Waals surface area contributed by atoms with E-state index < -0.39 is 0 Å². The van der Waals surface area contributed by atoms with Crippen LogP contribution in [0, 0.1) is 0 Å². The third kappa shape index (κ3) is 2.63. The van der Waals surface area contributed by atoms with Gasteiger partial charge in [-0.3, -0.25) is 9.48 Å². The molecule has 22 heavy (non-hydrogen) atoms. The summed E-state index contributed by atoms with van der Waals surface area (Å²) in [6.45, 7) is 18.6. The molecule has 0 amide bonds. The summed E-state index contributed by atoms with van der Waals surface area (Å²) in [5.74, 6) is 0. The van der Waals surface area contributed by atoms with E-state index in [0.717, 1.165) is 0 Å². The van der Waals surface area contributed by atoms with Crippen molar-refractivity contribution in [1.29, 1.82) is 0 Å². The van der Waals surface area contributed by atoms with Crippen LogP contribution in [0.2, 0.25) is 0 Å². The zero-order chi connectivity index (χ0) is 17.0. The minimum Gasteiger partial charge on any atom is -0.386 e. The van der Waals surface area contributed by atoms with Crippen molar-refractivity contribution in [3.63, 3.8) is 0 Å². The summed E-state index contributed by atoms with van der Waals surface area (Å²) in [6.07, 6.45) is 4.52. The first kappa shape index (κ1) is 17.2. The monoisotopic (exact) mass is 305 g/mol. The predicted octanol–water partition coefficient (Wildman–Crippen LogP) is 2.46. The Balaban J connectivity index is 2.52. The van der Waals surface area contributed by atoms with E-state index in [1.165, 1.54) is 5.73 Å². The molecule has 0 fully saturated rings. The highest BCUT2D eigenvalue weighted by Gasteiger charge is 2.55. The molecule has 0 aliphatic carbocycles. The number of likely N-dealkylation sites (N-methyl/N-ethyl adjacent to an activating group) is 2. The average Bonchev–Trinajstić information content (AvgIpc) is 2.87. The Morgan fingerprint density at radius 3 is 1.64 bits per heavy atom. The topological polar surface area (TPSA) is 12.7 Å². The summed E-state index contributed by atoms with van der Waals surface area (Å²) in [5.41, 5.74) is 1.57. The van der Waals surface area contributed by atoms with E-state index in [-0.39, 0.29) is 18.1 Å². The third-order valence-electron chi connectivity index (χ3n) is 5.34. The van der Waals surface area contributed by atoms with Gasteiger partial charge in [-0.05, 0) is 55.4 Å². The van der Waals surface area contributed by atoms with E-state index in [0.29, 0.717) is 12.1 Å². The number of rotatable bonds is 1. The summed E-state index contributed by atoms with van der Waals surface area (Å²) in [6, 6.07) is 1.06. The molecule has 0 radical (unpaired) electrons. The fourth-order valence-corrected chi connectivity index (χ4v) is 3.55. The molecule has 0 spiro atoms. The van der Waals surface area contributed by atoms with Crippen molar-refractivity contribution in [2.45, 2.75) is 78.6 Å². The van der Waals surface area contributed by atoms with Crippen molar-refractivity contribution in [1.82, 2.24) is 14.5 Å². The summed E-state index contributed by atoms with van der Waals surface area (Å²) >= 11 is 0. The van der Waals surface area contributed by atoms with Gasteiger partial charge in [0.25, 0.3) is 5.73 Å². The van der Waals surface area contributed by atoms with Gasteiger partial charge in [-0.15, -0.1) is 0 Å². The second-order valence-corrected chi connectivity index (χ2v) is 8.89. The van der Waals surface area contributed by atoms with Gasteiger partial charge in [0.1, 0.15) is 12.1 Å². The molecule has 0 saturated heterocycles. The fraction of sp³-hybridized carbons (Fsp3) is 0.824. The fourth-order valence-electron chi connectivity index (χ4n) is 3.55. The van der Waals surface area contributed by atoms with Crippen molar-refractivity contribution in [2.24, 2.45) is 0 Å². The van der Waals surface area contributed by atoms with Gasteiger partial charge in [-0.2, -0.15) is 0 Å². The van der Waals surface area contributed by atoms with Crippen LogP contribution in [0.15, 0.2) is 12.4 Å². The molecule has 4 nitrogen and oxygen atoms in total. The highest BCUT2D eigenvalue weighted by Crippen LogP contribution is 2.31. The SMILES string of the molecule is CC1C(C)[N+](C)=C(B2N(C(C)(C)C)C=CN2C(C)(C)C)N1C. The van der Waals surface area contributed by atoms with E-state index in [1.54, 1.807) is 0 Å². The molecule has 0 aromatic rings. The van der Waals surface area contributed by atoms with Crippen LogP contribution in [0.25, 0.3) is 0 Å². The number of hydrogen-bond donors (Lipinski definition) is 0. The highest BCUT2D eigenvalue weighted by atomic mass is 15.4. The number of nitrogens with zero attached hydrogens (tertiary/aromatic N) is 4. The van der Waals surface area contributed by atoms with Crippen molar-refractivity contribution >= 4 is 12.7 Å². The van der Waals surface area contributed by atoms with Gasteiger partial charge < -0.3 is 9.62 Å². The Hall–Kier alpha value is -1.13. The number of amidine groups is 1. The maximum Gasteiger partial charge on any atom is 0.510 e. The summed E-state index contributed by atoms with van der Waals surface area (Å²) in [4.78, 5) is 7.44. The van der Waals surface area contributed by atoms with Gasteiger partial charge in [0, 0.05) is 23.5 Å². The minimum atomic E-state index is 0.0882. The van der Waals surface area contributed by atoms with Crippen LogP contribution >= 0.6 is 0 Å². The van der Waals surface area contributed by atoms with Crippen molar-refractivity contribution < 1.29 is 4.58 Å². The Kier molecular flexibility index (Phi) is 4.08. The first-order chi connectivity index (χ1) is 9.87. The van der Waals surface area contributed by atoms with Crippen molar-refractivity contribution in [3.8, 4) is 0 Å². The zero-order valence-electron chi connectivity index (χ0n) is 16.2. The quantitative estimate of drug-likeness (QED) is 0.545. The van der Waals surface area contributed by atoms with Crippen LogP contribution in [-0.4, -0.2) is 69.1 Å². The van der Waals surface area contributed by atoms with E-state index in [4.69, 9.17) is 0 Å². The summed E-state index contributed by atoms with van der Waals surface area (Å²) in [5, 5.41) is 0. The Bertz CT molecular complexity index is 474. The Labute approximate surface area is 137 Å². The molecule has 0 aromatic carbocycles. The van der Waals surface area contributed by atoms with Crippen LogP contribution in [-0.2, 0) is 0 Å². The molecule has 124 valence electrons. The van der Waals surface area contributed by atoms with Crippen LogP contribution in [0.3, 0.4) is 0 Å². The lowest BCUT2D eigenvalue weighted by Crippen LogP contribution is -2.64. The van der Waals surface area contributed by atoms with Gasteiger partial charge in [-0.1, -0.05) is 0 Å². The maximum atomic E-state index is 2.49. The van der Waals surface area contributed by atoms with Gasteiger partial charge in [0.15, 0.2) is 0 Å². The Morgan fingerprint density at radius 2 is 1.36 bits per heavy atom. The molecular weight excluding hydrogens is 271 g/mol. The van der Waals surface area contributed by atoms with Crippen molar-refractivity contribution in [3.05, 3.63) is 12.4 Å². The summed E-state index contributed by atoms with van der Waals surface area (Å²) < 4.78 is 2.46. The lowest BCUT2D eigenvalue weighted by atomic mass is 9.65. The molecule has 2 atom stereocenters. The molecule has 2 heterocycles. The zero-order valence-corrected chi connectivity index (χ0v) is 16.2. The number of hydrogen-bond acceptors (Lipinski definition) is 3. The first-order valence-electron chi connectivity index (χ1n) is 8.45. The van der Waals surface area contributed by atoms with Gasteiger partial charge in [0.05, 0.1) is 14.1 Å². The van der Waals surface area contributed by atoms with E-state index >= 15 is 0 Å². The largest absolute Gasteiger partial charge is 0.510 e. The van der Waals surface area contributed by atoms with Crippen LogP contribution in [0.4, 0.5) is 0 Å². The van der Waals surface area contributed by atoms with Crippen molar-refractivity contribution in [2.75, 3.05) is 14.1 Å². The van der Waals surface area contributed by atoms with E-state index in [2.05, 4.69) is 101 Å². The van der Waals surface area contributed by atoms with E-state index in [9.17, 15) is 0 Å². The molecule has 2 unspecified atom stereocenters. The molecule has 5 heteroatoms. The molecule has 0 saturated carbocycles. The van der Waals surface area contributed by atoms with Gasteiger partial charge >= 0.3 is 6.98 Å².